The number of likely N-dealkylation sites (tertiary alicyclic amines) is 1. The second-order valence-corrected chi connectivity index (χ2v) is 9.62. The first kappa shape index (κ1) is 16.7. The molecule has 1 amide bonds. The van der Waals surface area contributed by atoms with Crippen LogP contribution in [-0.2, 0) is 4.74 Å². The van der Waals surface area contributed by atoms with Gasteiger partial charge in [-0.15, -0.1) is 0 Å². The van der Waals surface area contributed by atoms with Crippen molar-refractivity contribution in [3.63, 3.8) is 0 Å². The summed E-state index contributed by atoms with van der Waals surface area (Å²) in [5.74, 6) is 1.76. The lowest BCUT2D eigenvalue weighted by molar-refractivity contribution is 0.0270. The van der Waals surface area contributed by atoms with Crippen LogP contribution in [0.3, 0.4) is 0 Å². The minimum absolute atomic E-state index is 0.160. The van der Waals surface area contributed by atoms with Crippen molar-refractivity contribution in [1.29, 1.82) is 0 Å². The van der Waals surface area contributed by atoms with E-state index in [-0.39, 0.29) is 6.09 Å². The molecule has 4 rings (SSSR count). The Bertz CT molecular complexity index is 633. The fourth-order valence-electron chi connectivity index (χ4n) is 4.51. The van der Waals surface area contributed by atoms with E-state index >= 15 is 0 Å². The molecule has 1 aromatic rings. The van der Waals surface area contributed by atoms with Gasteiger partial charge in [0.1, 0.15) is 9.30 Å². The number of halogens is 1. The van der Waals surface area contributed by atoms with Crippen LogP contribution in [0.4, 0.5) is 4.79 Å². The first-order chi connectivity index (χ1) is 11.3. The van der Waals surface area contributed by atoms with Crippen molar-refractivity contribution < 1.29 is 9.53 Å². The zero-order valence-corrected chi connectivity index (χ0v) is 16.8. The first-order valence-corrected chi connectivity index (χ1v) is 10.1. The molecule has 0 spiro atoms. The number of fused-ring (bicyclic) bond motifs is 1. The number of piperidine rings is 1. The number of ether oxygens (including phenoxy) is 1. The van der Waals surface area contributed by atoms with Crippen LogP contribution in [0.2, 0.25) is 0 Å². The van der Waals surface area contributed by atoms with Gasteiger partial charge in [0.05, 0.1) is 6.04 Å². The third-order valence-electron chi connectivity index (χ3n) is 5.59. The topological polar surface area (TPSA) is 47.4 Å². The highest BCUT2D eigenvalue weighted by Crippen LogP contribution is 2.59. The van der Waals surface area contributed by atoms with E-state index in [2.05, 4.69) is 33.3 Å². The average Bonchev–Trinajstić information content (AvgIpc) is 2.98. The number of rotatable bonds is 2. The Morgan fingerprint density at radius 2 is 1.88 bits per heavy atom. The van der Waals surface area contributed by atoms with Crippen LogP contribution in [-0.4, -0.2) is 39.5 Å². The number of hydrogen-bond acceptors (Lipinski definition) is 3. The molecule has 2 unspecified atom stereocenters. The standard InChI is InChI=1S/C18H26IN3O2/c1-18(2,3)24-17(23)21-9-12-13(10-21)16(12)14-8-15(19)20-22(14)11-6-4-5-7-11/h8,11-13,16H,4-7,9-10H2,1-3H3/t12-,13?,16?/m1/s1. The van der Waals surface area contributed by atoms with Gasteiger partial charge in [0, 0.05) is 24.7 Å². The van der Waals surface area contributed by atoms with Crippen molar-refractivity contribution in [2.45, 2.75) is 64.0 Å². The number of carbonyl (C=O) groups excluding carboxylic acids is 1. The predicted molar refractivity (Wildman–Crippen MR) is 100.0 cm³/mol. The summed E-state index contributed by atoms with van der Waals surface area (Å²) in [7, 11) is 0. The first-order valence-electron chi connectivity index (χ1n) is 9.06. The van der Waals surface area contributed by atoms with E-state index in [1.807, 2.05) is 25.7 Å². The largest absolute Gasteiger partial charge is 0.444 e. The van der Waals surface area contributed by atoms with Gasteiger partial charge in [-0.2, -0.15) is 5.10 Å². The van der Waals surface area contributed by atoms with E-state index in [1.54, 1.807) is 0 Å². The maximum Gasteiger partial charge on any atom is 0.410 e. The van der Waals surface area contributed by atoms with E-state index in [1.165, 1.54) is 31.4 Å². The van der Waals surface area contributed by atoms with Gasteiger partial charge < -0.3 is 9.64 Å². The minimum atomic E-state index is -0.416. The Balaban J connectivity index is 1.43. The third kappa shape index (κ3) is 3.06. The van der Waals surface area contributed by atoms with Crippen molar-refractivity contribution in [2.24, 2.45) is 11.8 Å². The molecule has 2 heterocycles. The molecule has 3 aliphatic rings. The van der Waals surface area contributed by atoms with Crippen LogP contribution in [0.15, 0.2) is 6.07 Å². The van der Waals surface area contributed by atoms with Gasteiger partial charge in [-0.1, -0.05) is 12.8 Å². The van der Waals surface area contributed by atoms with Gasteiger partial charge in [-0.3, -0.25) is 4.68 Å². The lowest BCUT2D eigenvalue weighted by atomic mass is 10.1. The summed E-state index contributed by atoms with van der Waals surface area (Å²) in [6, 6.07) is 2.85. The van der Waals surface area contributed by atoms with Gasteiger partial charge in [0.15, 0.2) is 0 Å². The smallest absolute Gasteiger partial charge is 0.410 e. The van der Waals surface area contributed by atoms with Crippen LogP contribution in [0.25, 0.3) is 0 Å². The number of carbonyl (C=O) groups is 1. The molecule has 2 aliphatic carbocycles. The average molecular weight is 443 g/mol. The molecule has 0 N–H and O–H groups in total. The lowest BCUT2D eigenvalue weighted by Crippen LogP contribution is -2.37. The number of nitrogens with zero attached hydrogens (tertiary/aromatic N) is 3. The molecule has 3 fully saturated rings. The van der Waals surface area contributed by atoms with Crippen LogP contribution in [0.5, 0.6) is 0 Å². The Hall–Kier alpha value is -0.790. The monoisotopic (exact) mass is 443 g/mol. The summed E-state index contributed by atoms with van der Waals surface area (Å²) >= 11 is 2.33. The van der Waals surface area contributed by atoms with Gasteiger partial charge >= 0.3 is 6.09 Å². The molecule has 132 valence electrons. The van der Waals surface area contributed by atoms with Gasteiger partial charge in [-0.05, 0) is 74.1 Å². The van der Waals surface area contributed by atoms with Crippen LogP contribution < -0.4 is 0 Å². The Morgan fingerprint density at radius 3 is 2.46 bits per heavy atom. The highest BCUT2D eigenvalue weighted by molar-refractivity contribution is 14.1. The molecule has 2 saturated carbocycles. The molecule has 1 aromatic heterocycles. The molecule has 0 aromatic carbocycles. The molecule has 0 radical (unpaired) electrons. The molecule has 3 atom stereocenters. The summed E-state index contributed by atoms with van der Waals surface area (Å²) in [6.07, 6.45) is 5.01. The van der Waals surface area contributed by atoms with Gasteiger partial charge in [0.2, 0.25) is 0 Å². The maximum absolute atomic E-state index is 12.2. The van der Waals surface area contributed by atoms with Crippen molar-refractivity contribution in [1.82, 2.24) is 14.7 Å². The molecule has 24 heavy (non-hydrogen) atoms. The highest BCUT2D eigenvalue weighted by atomic mass is 127. The van der Waals surface area contributed by atoms with E-state index in [9.17, 15) is 4.79 Å². The zero-order valence-electron chi connectivity index (χ0n) is 14.7. The highest BCUT2D eigenvalue weighted by Gasteiger charge is 2.59. The second kappa shape index (κ2) is 5.88. The normalized spacial score (nSPS) is 29.8. The van der Waals surface area contributed by atoms with E-state index in [4.69, 9.17) is 9.84 Å². The Kier molecular flexibility index (Phi) is 4.09. The van der Waals surface area contributed by atoms with Crippen molar-refractivity contribution in [2.75, 3.05) is 13.1 Å². The molecule has 6 heteroatoms. The van der Waals surface area contributed by atoms with Crippen LogP contribution in [0, 0.1) is 15.5 Å². The number of amides is 1. The third-order valence-corrected chi connectivity index (χ3v) is 6.12. The van der Waals surface area contributed by atoms with Crippen molar-refractivity contribution in [3.8, 4) is 0 Å². The fourth-order valence-corrected chi connectivity index (χ4v) is 5.06. The molecule has 1 saturated heterocycles. The maximum atomic E-state index is 12.2. The Morgan fingerprint density at radius 1 is 1.25 bits per heavy atom. The van der Waals surface area contributed by atoms with Crippen LogP contribution >= 0.6 is 22.6 Å². The second-order valence-electron chi connectivity index (χ2n) is 8.51. The number of aromatic nitrogens is 2. The molecule has 5 nitrogen and oxygen atoms in total. The summed E-state index contributed by atoms with van der Waals surface area (Å²) in [5.41, 5.74) is 0.991. The summed E-state index contributed by atoms with van der Waals surface area (Å²) in [5, 5.41) is 4.78. The molecule has 1 aliphatic heterocycles. The van der Waals surface area contributed by atoms with Crippen molar-refractivity contribution >= 4 is 28.7 Å². The lowest BCUT2D eigenvalue weighted by Gasteiger charge is -2.26. The molecular weight excluding hydrogens is 417 g/mol. The predicted octanol–water partition coefficient (Wildman–Crippen LogP) is 4.18. The molecule has 0 bridgehead atoms. The Labute approximate surface area is 157 Å². The van der Waals surface area contributed by atoms with Gasteiger partial charge in [0.25, 0.3) is 0 Å². The zero-order chi connectivity index (χ0) is 17.1. The van der Waals surface area contributed by atoms with E-state index in [0.29, 0.717) is 23.8 Å². The fraction of sp³-hybridized carbons (Fsp3) is 0.778. The summed E-state index contributed by atoms with van der Waals surface area (Å²) in [6.45, 7) is 7.43. The van der Waals surface area contributed by atoms with Crippen molar-refractivity contribution in [3.05, 3.63) is 15.5 Å². The van der Waals surface area contributed by atoms with Gasteiger partial charge in [-0.25, -0.2) is 4.79 Å². The SMILES string of the molecule is CC(C)(C)OC(=O)N1CC2C(c3cc(I)nn3C3CCCC3)[C@@H]2C1. The summed E-state index contributed by atoms with van der Waals surface area (Å²) < 4.78 is 8.92. The number of hydrogen-bond donors (Lipinski definition) is 0. The quantitative estimate of drug-likeness (QED) is 0.645. The van der Waals surface area contributed by atoms with E-state index in [0.717, 1.165) is 16.8 Å². The molecular formula is C18H26IN3O2. The van der Waals surface area contributed by atoms with E-state index < -0.39 is 5.60 Å². The van der Waals surface area contributed by atoms with Crippen LogP contribution in [0.1, 0.15) is 64.1 Å². The minimum Gasteiger partial charge on any atom is -0.444 e. The summed E-state index contributed by atoms with van der Waals surface area (Å²) in [4.78, 5) is 14.1.